The van der Waals surface area contributed by atoms with Crippen LogP contribution in [0.5, 0.6) is 0 Å². The quantitative estimate of drug-likeness (QED) is 0.456. The fourth-order valence-corrected chi connectivity index (χ4v) is 3.97. The van der Waals surface area contributed by atoms with Crippen molar-refractivity contribution in [1.82, 2.24) is 14.8 Å². The van der Waals surface area contributed by atoms with E-state index in [0.717, 1.165) is 21.3 Å². The van der Waals surface area contributed by atoms with E-state index in [9.17, 15) is 14.7 Å². The molecule has 5 rings (SSSR count). The summed E-state index contributed by atoms with van der Waals surface area (Å²) in [6.07, 6.45) is -0.470. The molecule has 0 fully saturated rings. The van der Waals surface area contributed by atoms with Gasteiger partial charge in [0.15, 0.2) is 11.5 Å². The second kappa shape index (κ2) is 7.48. The number of hydrogen-bond donors (Lipinski definition) is 2. The zero-order valence-electron chi connectivity index (χ0n) is 16.0. The molecule has 1 atom stereocenters. The summed E-state index contributed by atoms with van der Waals surface area (Å²) in [6.45, 7) is 0. The molecule has 2 N–H and O–H groups in total. The molecule has 2 heterocycles. The van der Waals surface area contributed by atoms with Crippen LogP contribution >= 0.6 is 15.9 Å². The predicted molar refractivity (Wildman–Crippen MR) is 120 cm³/mol. The Morgan fingerprint density at radius 2 is 1.77 bits per heavy atom. The maximum atomic E-state index is 12.9. The van der Waals surface area contributed by atoms with Crippen LogP contribution in [-0.4, -0.2) is 25.8 Å². The molecule has 0 radical (unpaired) electrons. The number of nitrogens with one attached hydrogen (secondary N) is 1. The van der Waals surface area contributed by atoms with E-state index >= 15 is 0 Å². The van der Waals surface area contributed by atoms with E-state index in [4.69, 9.17) is 0 Å². The summed E-state index contributed by atoms with van der Waals surface area (Å²) in [5.41, 5.74) is 3.04. The van der Waals surface area contributed by atoms with Crippen LogP contribution in [-0.2, 0) is 0 Å². The minimum absolute atomic E-state index is 0.195. The van der Waals surface area contributed by atoms with E-state index in [1.807, 2.05) is 48.5 Å². The van der Waals surface area contributed by atoms with Crippen molar-refractivity contribution in [2.75, 3.05) is 5.32 Å². The van der Waals surface area contributed by atoms with Crippen LogP contribution in [0.1, 0.15) is 22.1 Å². The Labute approximate surface area is 185 Å². The average Bonchev–Trinajstić information content (AvgIpc) is 2.79. The van der Waals surface area contributed by atoms with E-state index < -0.39 is 17.7 Å². The summed E-state index contributed by atoms with van der Waals surface area (Å²) < 4.78 is 2.53. The lowest BCUT2D eigenvalue weighted by Crippen LogP contribution is -2.32. The number of benzene rings is 3. The van der Waals surface area contributed by atoms with E-state index in [2.05, 4.69) is 31.3 Å². The summed E-state index contributed by atoms with van der Waals surface area (Å²) in [5, 5.41) is 17.3. The van der Waals surface area contributed by atoms with Gasteiger partial charge in [-0.25, -0.2) is 9.48 Å². The fraction of sp³-hybridized carbons (Fsp3) is 0.0435. The summed E-state index contributed by atoms with van der Waals surface area (Å²) in [6, 6.07) is 21.4. The number of hydrogen-bond acceptors (Lipinski definition) is 5. The molecular weight excluding hydrogens is 460 g/mol. The van der Waals surface area contributed by atoms with Crippen LogP contribution in [0, 0.1) is 0 Å². The summed E-state index contributed by atoms with van der Waals surface area (Å²) in [5.74, 6) is -0.555. The van der Waals surface area contributed by atoms with E-state index in [0.29, 0.717) is 11.4 Å². The maximum Gasteiger partial charge on any atom is 0.335 e. The smallest absolute Gasteiger partial charge is 0.335 e. The molecule has 8 heteroatoms. The standard InChI is InChI=1S/C23H15BrN4O3/c24-16-10-11-18-17(12-16)21-26-22(29)19(13-4-2-1-3-5-13)27-28(21)20(25-18)14-6-8-15(9-7-14)23(30)31/h1-12,20,25H,(H,30,31). The SMILES string of the molecule is O=C(O)c1ccc(C2Nc3ccc(Br)cc3-c3nc(=O)c(-c4ccccc4)nn32)cc1. The molecule has 1 aromatic heterocycles. The highest BCUT2D eigenvalue weighted by Crippen LogP contribution is 2.38. The zero-order valence-corrected chi connectivity index (χ0v) is 17.6. The first-order chi connectivity index (χ1) is 15.0. The van der Waals surface area contributed by atoms with Gasteiger partial charge in [-0.15, -0.1) is 0 Å². The van der Waals surface area contributed by atoms with Gasteiger partial charge in [0.05, 0.1) is 5.56 Å². The molecule has 0 aliphatic carbocycles. The molecule has 4 aromatic rings. The molecular formula is C23H15BrN4O3. The van der Waals surface area contributed by atoms with Crippen LogP contribution in [0.4, 0.5) is 5.69 Å². The molecule has 7 nitrogen and oxygen atoms in total. The molecule has 0 bridgehead atoms. The Morgan fingerprint density at radius 3 is 2.48 bits per heavy atom. The van der Waals surface area contributed by atoms with Crippen LogP contribution in [0.15, 0.2) is 82.1 Å². The van der Waals surface area contributed by atoms with Gasteiger partial charge in [-0.1, -0.05) is 58.4 Å². The number of carboxylic acid groups (broad SMARTS) is 1. The minimum atomic E-state index is -0.992. The second-order valence-corrected chi connectivity index (χ2v) is 7.98. The number of fused-ring (bicyclic) bond motifs is 3. The lowest BCUT2D eigenvalue weighted by molar-refractivity contribution is 0.0697. The monoisotopic (exact) mass is 474 g/mol. The van der Waals surface area contributed by atoms with Gasteiger partial charge >= 0.3 is 5.97 Å². The van der Waals surface area contributed by atoms with Crippen molar-refractivity contribution >= 4 is 27.6 Å². The first-order valence-electron chi connectivity index (χ1n) is 9.47. The third kappa shape index (κ3) is 3.40. The molecule has 1 aliphatic rings. The lowest BCUT2D eigenvalue weighted by Gasteiger charge is -2.30. The first-order valence-corrected chi connectivity index (χ1v) is 10.3. The molecule has 3 aromatic carbocycles. The number of rotatable bonds is 3. The van der Waals surface area contributed by atoms with Crippen molar-refractivity contribution in [1.29, 1.82) is 0 Å². The Hall–Kier alpha value is -3.78. The third-order valence-corrected chi connectivity index (χ3v) is 5.61. The largest absolute Gasteiger partial charge is 0.478 e. The maximum absolute atomic E-state index is 12.9. The van der Waals surface area contributed by atoms with Gasteiger partial charge in [0.1, 0.15) is 6.17 Å². The number of nitrogens with zero attached hydrogens (tertiary/aromatic N) is 3. The van der Waals surface area contributed by atoms with Gasteiger partial charge in [-0.05, 0) is 35.9 Å². The Balaban J connectivity index is 1.73. The lowest BCUT2D eigenvalue weighted by atomic mass is 10.0. The third-order valence-electron chi connectivity index (χ3n) is 5.11. The highest BCUT2D eigenvalue weighted by atomic mass is 79.9. The van der Waals surface area contributed by atoms with Crippen molar-refractivity contribution in [2.45, 2.75) is 6.17 Å². The Kier molecular flexibility index (Phi) is 4.63. The van der Waals surface area contributed by atoms with Gasteiger partial charge < -0.3 is 10.4 Å². The highest BCUT2D eigenvalue weighted by Gasteiger charge is 2.28. The van der Waals surface area contributed by atoms with Crippen LogP contribution in [0.25, 0.3) is 22.6 Å². The van der Waals surface area contributed by atoms with E-state index in [-0.39, 0.29) is 11.3 Å². The molecule has 0 amide bonds. The highest BCUT2D eigenvalue weighted by molar-refractivity contribution is 9.10. The number of aromatic nitrogens is 3. The van der Waals surface area contributed by atoms with Crippen molar-refractivity contribution in [3.8, 4) is 22.6 Å². The summed E-state index contributed by atoms with van der Waals surface area (Å²) in [4.78, 5) is 28.5. The Morgan fingerprint density at radius 1 is 1.03 bits per heavy atom. The van der Waals surface area contributed by atoms with Crippen molar-refractivity contribution < 1.29 is 9.90 Å². The van der Waals surface area contributed by atoms with Gasteiger partial charge in [-0.2, -0.15) is 10.1 Å². The molecule has 0 saturated carbocycles. The van der Waals surface area contributed by atoms with Gasteiger partial charge in [0.2, 0.25) is 0 Å². The van der Waals surface area contributed by atoms with Gasteiger partial charge in [0.25, 0.3) is 5.56 Å². The van der Waals surface area contributed by atoms with Crippen LogP contribution in [0.3, 0.4) is 0 Å². The molecule has 1 unspecified atom stereocenters. The number of halogens is 1. The molecule has 1 aliphatic heterocycles. The van der Waals surface area contributed by atoms with Crippen LogP contribution < -0.4 is 10.9 Å². The van der Waals surface area contributed by atoms with Gasteiger partial charge in [-0.3, -0.25) is 4.79 Å². The van der Waals surface area contributed by atoms with Crippen molar-refractivity contribution in [3.63, 3.8) is 0 Å². The van der Waals surface area contributed by atoms with Crippen molar-refractivity contribution in [3.05, 3.63) is 98.7 Å². The Bertz CT molecular complexity index is 1370. The fourth-order valence-electron chi connectivity index (χ4n) is 3.61. The van der Waals surface area contributed by atoms with Gasteiger partial charge in [0, 0.05) is 21.3 Å². The minimum Gasteiger partial charge on any atom is -0.478 e. The summed E-state index contributed by atoms with van der Waals surface area (Å²) >= 11 is 3.47. The predicted octanol–water partition coefficient (Wildman–Crippen LogP) is 4.41. The van der Waals surface area contributed by atoms with Crippen molar-refractivity contribution in [2.24, 2.45) is 0 Å². The number of anilines is 1. The molecule has 0 saturated heterocycles. The first kappa shape index (κ1) is 19.2. The topological polar surface area (TPSA) is 97.1 Å². The van der Waals surface area contributed by atoms with E-state index in [1.54, 1.807) is 28.9 Å². The zero-order chi connectivity index (χ0) is 21.5. The number of carboxylic acids is 1. The normalized spacial score (nSPS) is 14.3. The number of aromatic carboxylic acids is 1. The van der Waals surface area contributed by atoms with Crippen LogP contribution in [0.2, 0.25) is 0 Å². The molecule has 0 spiro atoms. The summed E-state index contributed by atoms with van der Waals surface area (Å²) in [7, 11) is 0. The second-order valence-electron chi connectivity index (χ2n) is 7.06. The average molecular weight is 475 g/mol. The van der Waals surface area contributed by atoms with E-state index in [1.165, 1.54) is 0 Å². The molecule has 152 valence electrons. The number of carbonyl (C=O) groups is 1. The molecule has 31 heavy (non-hydrogen) atoms.